The average molecular weight is 166 g/mol. The maximum absolute atomic E-state index is 10.7. The smallest absolute Gasteiger partial charge is 0.232 e. The number of carbonyl (C=O) groups excluding carboxylic acids is 1. The monoisotopic (exact) mass is 166 g/mol. The minimum absolute atomic E-state index is 0.0987. The lowest BCUT2D eigenvalue weighted by molar-refractivity contribution is -0.120. The van der Waals surface area contributed by atoms with Crippen molar-refractivity contribution in [2.24, 2.45) is 5.11 Å². The lowest BCUT2D eigenvalue weighted by Gasteiger charge is -1.99. The van der Waals surface area contributed by atoms with Gasteiger partial charge in [0, 0.05) is 18.0 Å². The number of hydrogen-bond donors (Lipinski definition) is 1. The summed E-state index contributed by atoms with van der Waals surface area (Å²) in [6.07, 6.45) is 5.64. The molecule has 0 bridgehead atoms. The van der Waals surface area contributed by atoms with Crippen molar-refractivity contribution in [1.82, 2.24) is 5.32 Å². The van der Waals surface area contributed by atoms with Gasteiger partial charge in [0.2, 0.25) is 5.91 Å². The lowest BCUT2D eigenvalue weighted by Crippen LogP contribution is -2.23. The van der Waals surface area contributed by atoms with Crippen LogP contribution in [-0.4, -0.2) is 19.0 Å². The van der Waals surface area contributed by atoms with Crippen molar-refractivity contribution in [3.05, 3.63) is 10.4 Å². The summed E-state index contributed by atoms with van der Waals surface area (Å²) in [6, 6.07) is 0. The Morgan fingerprint density at radius 3 is 3.08 bits per heavy atom. The Bertz CT molecular complexity index is 224. The molecule has 0 heterocycles. The summed E-state index contributed by atoms with van der Waals surface area (Å²) in [7, 11) is 0. The van der Waals surface area contributed by atoms with E-state index in [-0.39, 0.29) is 12.3 Å². The van der Waals surface area contributed by atoms with Crippen LogP contribution < -0.4 is 5.32 Å². The molecule has 0 aromatic carbocycles. The van der Waals surface area contributed by atoms with Gasteiger partial charge < -0.3 is 5.32 Å². The first-order valence-electron chi connectivity index (χ1n) is 3.52. The topological polar surface area (TPSA) is 77.9 Å². The number of hydrogen-bond acceptors (Lipinski definition) is 2. The lowest BCUT2D eigenvalue weighted by atomic mass is 10.4. The number of carbonyl (C=O) groups is 1. The maximum atomic E-state index is 10.7. The molecule has 0 aliphatic carbocycles. The van der Waals surface area contributed by atoms with Crippen LogP contribution in [0.3, 0.4) is 0 Å². The Hall–Kier alpha value is -1.66. The molecule has 5 heteroatoms. The van der Waals surface area contributed by atoms with Gasteiger partial charge in [-0.3, -0.25) is 4.79 Å². The molecule has 5 nitrogen and oxygen atoms in total. The van der Waals surface area contributed by atoms with E-state index in [4.69, 9.17) is 12.0 Å². The number of azide groups is 1. The molecule has 0 aromatic rings. The summed E-state index contributed by atoms with van der Waals surface area (Å²) in [5.74, 6) is 2.06. The van der Waals surface area contributed by atoms with Gasteiger partial charge in [0.05, 0.1) is 6.42 Å². The molecule has 0 saturated heterocycles. The zero-order valence-electron chi connectivity index (χ0n) is 6.66. The zero-order chi connectivity index (χ0) is 9.23. The molecule has 0 aliphatic heterocycles. The Morgan fingerprint density at radius 1 is 1.75 bits per heavy atom. The van der Waals surface area contributed by atoms with E-state index in [9.17, 15) is 4.79 Å². The third-order valence-corrected chi connectivity index (χ3v) is 1.08. The highest BCUT2D eigenvalue weighted by Gasteiger charge is 1.94. The minimum atomic E-state index is -0.168. The van der Waals surface area contributed by atoms with Gasteiger partial charge in [-0.05, 0) is 12.0 Å². The fourth-order valence-corrected chi connectivity index (χ4v) is 0.577. The molecule has 0 atom stereocenters. The fourth-order valence-electron chi connectivity index (χ4n) is 0.577. The molecule has 0 radical (unpaired) electrons. The molecular weight excluding hydrogens is 156 g/mol. The van der Waals surface area contributed by atoms with Gasteiger partial charge in [-0.1, -0.05) is 11.0 Å². The SMILES string of the molecule is C#CCC(=O)NCCCN=[N+]=[N-]. The molecule has 0 rings (SSSR count). The van der Waals surface area contributed by atoms with Crippen LogP contribution in [0, 0.1) is 12.3 Å². The molecule has 1 amide bonds. The second kappa shape index (κ2) is 7.45. The van der Waals surface area contributed by atoms with Crippen molar-refractivity contribution < 1.29 is 4.79 Å². The quantitative estimate of drug-likeness (QED) is 0.212. The van der Waals surface area contributed by atoms with E-state index in [1.54, 1.807) is 0 Å². The number of nitrogens with zero attached hydrogens (tertiary/aromatic N) is 3. The third-order valence-electron chi connectivity index (χ3n) is 1.08. The van der Waals surface area contributed by atoms with Gasteiger partial charge in [0.1, 0.15) is 0 Å². The van der Waals surface area contributed by atoms with Crippen molar-refractivity contribution in [3.63, 3.8) is 0 Å². The highest BCUT2D eigenvalue weighted by atomic mass is 16.1. The van der Waals surface area contributed by atoms with Crippen LogP contribution in [0.5, 0.6) is 0 Å². The minimum Gasteiger partial charge on any atom is -0.355 e. The molecule has 0 spiro atoms. The predicted octanol–water partition coefficient (Wildman–Crippen LogP) is 0.826. The average Bonchev–Trinajstić information content (AvgIpc) is 2.05. The van der Waals surface area contributed by atoms with Crippen LogP contribution in [-0.2, 0) is 4.79 Å². The highest BCUT2D eigenvalue weighted by Crippen LogP contribution is 1.81. The van der Waals surface area contributed by atoms with Crippen molar-refractivity contribution in [1.29, 1.82) is 0 Å². The third kappa shape index (κ3) is 6.46. The molecule has 0 aliphatic rings. The van der Waals surface area contributed by atoms with Gasteiger partial charge in [0.15, 0.2) is 0 Å². The van der Waals surface area contributed by atoms with Crippen LogP contribution in [0.25, 0.3) is 10.4 Å². The maximum Gasteiger partial charge on any atom is 0.232 e. The van der Waals surface area contributed by atoms with Crippen molar-refractivity contribution in [3.8, 4) is 12.3 Å². The van der Waals surface area contributed by atoms with Crippen molar-refractivity contribution in [2.45, 2.75) is 12.8 Å². The summed E-state index contributed by atoms with van der Waals surface area (Å²) in [5.41, 5.74) is 7.90. The van der Waals surface area contributed by atoms with E-state index in [1.807, 2.05) is 0 Å². The predicted molar refractivity (Wildman–Crippen MR) is 45.1 cm³/mol. The van der Waals surface area contributed by atoms with E-state index in [1.165, 1.54) is 0 Å². The molecular formula is C7H10N4O. The number of nitrogens with one attached hydrogen (secondary N) is 1. The number of terminal acetylenes is 1. The summed E-state index contributed by atoms with van der Waals surface area (Å²) in [6.45, 7) is 0.895. The summed E-state index contributed by atoms with van der Waals surface area (Å²) in [4.78, 5) is 13.3. The van der Waals surface area contributed by atoms with Crippen LogP contribution in [0.15, 0.2) is 5.11 Å². The second-order valence-corrected chi connectivity index (χ2v) is 2.04. The Balaban J connectivity index is 3.26. The molecule has 0 unspecified atom stereocenters. The van der Waals surface area contributed by atoms with Gasteiger partial charge in [0.25, 0.3) is 0 Å². The zero-order valence-corrected chi connectivity index (χ0v) is 6.66. The van der Waals surface area contributed by atoms with Crippen LogP contribution in [0.4, 0.5) is 0 Å². The Labute approximate surface area is 70.8 Å². The number of rotatable bonds is 5. The molecule has 64 valence electrons. The van der Waals surface area contributed by atoms with E-state index in [0.29, 0.717) is 19.5 Å². The Kier molecular flexibility index (Phi) is 6.42. The summed E-state index contributed by atoms with van der Waals surface area (Å²) in [5, 5.41) is 5.88. The highest BCUT2D eigenvalue weighted by molar-refractivity contribution is 5.78. The first kappa shape index (κ1) is 10.3. The van der Waals surface area contributed by atoms with E-state index in [0.717, 1.165) is 0 Å². The molecule has 12 heavy (non-hydrogen) atoms. The van der Waals surface area contributed by atoms with E-state index >= 15 is 0 Å². The first-order valence-corrected chi connectivity index (χ1v) is 3.52. The second-order valence-electron chi connectivity index (χ2n) is 2.04. The van der Waals surface area contributed by atoms with Crippen molar-refractivity contribution >= 4 is 5.91 Å². The molecule has 0 aromatic heterocycles. The van der Waals surface area contributed by atoms with Gasteiger partial charge in [-0.2, -0.15) is 0 Å². The van der Waals surface area contributed by atoms with E-state index in [2.05, 4.69) is 21.3 Å². The van der Waals surface area contributed by atoms with Crippen LogP contribution in [0.1, 0.15) is 12.8 Å². The van der Waals surface area contributed by atoms with Crippen LogP contribution in [0.2, 0.25) is 0 Å². The van der Waals surface area contributed by atoms with Crippen molar-refractivity contribution in [2.75, 3.05) is 13.1 Å². The normalized spacial score (nSPS) is 7.92. The summed E-state index contributed by atoms with van der Waals surface area (Å²) < 4.78 is 0. The summed E-state index contributed by atoms with van der Waals surface area (Å²) >= 11 is 0. The van der Waals surface area contributed by atoms with Gasteiger partial charge in [-0.15, -0.1) is 6.42 Å². The molecule has 0 saturated carbocycles. The molecule has 0 fully saturated rings. The van der Waals surface area contributed by atoms with Crippen LogP contribution >= 0.6 is 0 Å². The molecule has 1 N–H and O–H groups in total. The van der Waals surface area contributed by atoms with E-state index < -0.39 is 0 Å². The fraction of sp³-hybridized carbons (Fsp3) is 0.571. The number of amides is 1. The van der Waals surface area contributed by atoms with Gasteiger partial charge >= 0.3 is 0 Å². The first-order chi connectivity index (χ1) is 5.81. The standard InChI is InChI=1S/C7H10N4O/c1-2-4-7(12)9-5-3-6-10-11-8/h1H,3-6H2,(H,9,12). The largest absolute Gasteiger partial charge is 0.355 e. The Morgan fingerprint density at radius 2 is 2.50 bits per heavy atom. The van der Waals surface area contributed by atoms with Gasteiger partial charge in [-0.25, -0.2) is 0 Å².